The molecule has 1 N–H and O–H groups in total. The Balaban J connectivity index is 2.03. The Labute approximate surface area is 166 Å². The Morgan fingerprint density at radius 1 is 1.15 bits per heavy atom. The van der Waals surface area contributed by atoms with Crippen LogP contribution in [-0.2, 0) is 21.2 Å². The van der Waals surface area contributed by atoms with E-state index in [0.717, 1.165) is 23.4 Å². The van der Waals surface area contributed by atoms with Crippen LogP contribution in [0.3, 0.4) is 0 Å². The minimum Gasteiger partial charge on any atom is -0.352 e. The minimum atomic E-state index is -3.63. The molecule has 0 aromatic heterocycles. The first kappa shape index (κ1) is 21.3. The molecule has 0 aliphatic heterocycles. The molecule has 7 heteroatoms. The lowest BCUT2D eigenvalue weighted by Crippen LogP contribution is -2.43. The summed E-state index contributed by atoms with van der Waals surface area (Å²) in [5.74, 6) is -0.347. The Bertz CT molecular complexity index is 885. The van der Waals surface area contributed by atoms with E-state index in [1.165, 1.54) is 5.56 Å². The van der Waals surface area contributed by atoms with Gasteiger partial charge in [0, 0.05) is 11.1 Å². The van der Waals surface area contributed by atoms with Crippen LogP contribution in [0.4, 0.5) is 5.69 Å². The van der Waals surface area contributed by atoms with Crippen molar-refractivity contribution in [2.45, 2.75) is 32.7 Å². The summed E-state index contributed by atoms with van der Waals surface area (Å²) < 4.78 is 25.6. The number of anilines is 1. The molecule has 0 unspecified atom stereocenters. The van der Waals surface area contributed by atoms with Crippen molar-refractivity contribution in [2.24, 2.45) is 0 Å². The molecular formula is C20H25ClN2O3S. The van der Waals surface area contributed by atoms with Crippen molar-refractivity contribution in [3.8, 4) is 0 Å². The molecule has 146 valence electrons. The summed E-state index contributed by atoms with van der Waals surface area (Å²) in [6.45, 7) is 3.36. The van der Waals surface area contributed by atoms with Crippen LogP contribution >= 0.6 is 11.6 Å². The smallest absolute Gasteiger partial charge is 0.240 e. The molecule has 0 fully saturated rings. The van der Waals surface area contributed by atoms with E-state index in [-0.39, 0.29) is 18.5 Å². The molecule has 2 rings (SSSR count). The largest absolute Gasteiger partial charge is 0.352 e. The normalized spacial score (nSPS) is 12.4. The predicted octanol–water partition coefficient (Wildman–Crippen LogP) is 3.55. The van der Waals surface area contributed by atoms with Crippen molar-refractivity contribution in [3.63, 3.8) is 0 Å². The fourth-order valence-electron chi connectivity index (χ4n) is 2.80. The number of nitrogens with one attached hydrogen (secondary N) is 1. The molecule has 0 bridgehead atoms. The summed E-state index contributed by atoms with van der Waals surface area (Å²) in [6, 6.07) is 14.9. The van der Waals surface area contributed by atoms with Gasteiger partial charge in [-0.25, -0.2) is 8.42 Å². The number of aryl methyl sites for hydroxylation is 1. The van der Waals surface area contributed by atoms with Crippen LogP contribution in [0.5, 0.6) is 0 Å². The van der Waals surface area contributed by atoms with Crippen molar-refractivity contribution in [3.05, 3.63) is 64.7 Å². The third-order valence-corrected chi connectivity index (χ3v) is 5.85. The quantitative estimate of drug-likeness (QED) is 0.726. The summed E-state index contributed by atoms with van der Waals surface area (Å²) in [5, 5.41) is 3.33. The summed E-state index contributed by atoms with van der Waals surface area (Å²) in [5.41, 5.74) is 2.23. The Morgan fingerprint density at radius 2 is 1.81 bits per heavy atom. The van der Waals surface area contributed by atoms with Crippen LogP contribution in [0.2, 0.25) is 5.02 Å². The fraction of sp³-hybridized carbons (Fsp3) is 0.350. The molecule has 5 nitrogen and oxygen atoms in total. The number of hydrogen-bond acceptors (Lipinski definition) is 3. The molecule has 0 aliphatic carbocycles. The lowest BCUT2D eigenvalue weighted by Gasteiger charge is -2.25. The summed E-state index contributed by atoms with van der Waals surface area (Å²) in [6.07, 6.45) is 2.69. The zero-order valence-corrected chi connectivity index (χ0v) is 17.3. The molecule has 2 aromatic carbocycles. The van der Waals surface area contributed by atoms with E-state index in [4.69, 9.17) is 11.6 Å². The van der Waals surface area contributed by atoms with Gasteiger partial charge in [0.2, 0.25) is 15.9 Å². The number of benzene rings is 2. The predicted molar refractivity (Wildman–Crippen MR) is 111 cm³/mol. The van der Waals surface area contributed by atoms with Gasteiger partial charge in [0.25, 0.3) is 0 Å². The highest BCUT2D eigenvalue weighted by atomic mass is 35.5. The third kappa shape index (κ3) is 6.26. The van der Waals surface area contributed by atoms with E-state index < -0.39 is 10.0 Å². The fourth-order valence-corrected chi connectivity index (χ4v) is 3.87. The van der Waals surface area contributed by atoms with E-state index in [1.54, 1.807) is 25.1 Å². The molecular weight excluding hydrogens is 384 g/mol. The SMILES string of the molecule is Cc1c(Cl)cccc1N(CC(=O)N[C@@H](C)CCc1ccccc1)S(C)(=O)=O. The van der Waals surface area contributed by atoms with Gasteiger partial charge in [-0.15, -0.1) is 0 Å². The molecule has 0 saturated carbocycles. The van der Waals surface area contributed by atoms with Gasteiger partial charge < -0.3 is 5.32 Å². The number of halogens is 1. The van der Waals surface area contributed by atoms with Crippen LogP contribution in [-0.4, -0.2) is 33.2 Å². The number of sulfonamides is 1. The van der Waals surface area contributed by atoms with Crippen molar-refractivity contribution < 1.29 is 13.2 Å². The number of nitrogens with zero attached hydrogens (tertiary/aromatic N) is 1. The zero-order valence-electron chi connectivity index (χ0n) is 15.8. The van der Waals surface area contributed by atoms with Gasteiger partial charge in [-0.3, -0.25) is 9.10 Å². The van der Waals surface area contributed by atoms with Gasteiger partial charge in [0.1, 0.15) is 6.54 Å². The lowest BCUT2D eigenvalue weighted by molar-refractivity contribution is -0.120. The van der Waals surface area contributed by atoms with Crippen LogP contribution in [0.1, 0.15) is 24.5 Å². The van der Waals surface area contributed by atoms with Gasteiger partial charge >= 0.3 is 0 Å². The van der Waals surface area contributed by atoms with Gasteiger partial charge in [-0.05, 0) is 49.9 Å². The van der Waals surface area contributed by atoms with Crippen LogP contribution in [0.15, 0.2) is 48.5 Å². The summed E-state index contributed by atoms with van der Waals surface area (Å²) in [4.78, 5) is 12.4. The maximum absolute atomic E-state index is 12.4. The average Bonchev–Trinajstić information content (AvgIpc) is 2.60. The monoisotopic (exact) mass is 408 g/mol. The maximum Gasteiger partial charge on any atom is 0.240 e. The molecule has 0 aliphatic rings. The van der Waals surface area contributed by atoms with Crippen LogP contribution in [0, 0.1) is 6.92 Å². The maximum atomic E-state index is 12.4. The topological polar surface area (TPSA) is 66.5 Å². The van der Waals surface area contributed by atoms with Gasteiger partial charge in [0.05, 0.1) is 11.9 Å². The number of carbonyl (C=O) groups is 1. The molecule has 1 atom stereocenters. The van der Waals surface area contributed by atoms with Crippen molar-refractivity contribution in [1.29, 1.82) is 0 Å². The van der Waals surface area contributed by atoms with Gasteiger partial charge in [-0.1, -0.05) is 48.0 Å². The van der Waals surface area contributed by atoms with Crippen molar-refractivity contribution >= 4 is 33.2 Å². The van der Waals surface area contributed by atoms with Crippen molar-refractivity contribution in [2.75, 3.05) is 17.1 Å². The number of rotatable bonds is 8. The molecule has 0 radical (unpaired) electrons. The third-order valence-electron chi connectivity index (χ3n) is 4.31. The van der Waals surface area contributed by atoms with Gasteiger partial charge in [0.15, 0.2) is 0 Å². The molecule has 2 aromatic rings. The van der Waals surface area contributed by atoms with Crippen LogP contribution in [0.25, 0.3) is 0 Å². The number of carbonyl (C=O) groups excluding carboxylic acids is 1. The second kappa shape index (κ2) is 9.24. The highest BCUT2D eigenvalue weighted by Crippen LogP contribution is 2.28. The highest BCUT2D eigenvalue weighted by Gasteiger charge is 2.23. The van der Waals surface area contributed by atoms with Crippen molar-refractivity contribution in [1.82, 2.24) is 5.32 Å². The van der Waals surface area contributed by atoms with Crippen LogP contribution < -0.4 is 9.62 Å². The Hall–Kier alpha value is -2.05. The molecule has 27 heavy (non-hydrogen) atoms. The minimum absolute atomic E-state index is 0.0698. The highest BCUT2D eigenvalue weighted by molar-refractivity contribution is 7.92. The average molecular weight is 409 g/mol. The second-order valence-corrected chi connectivity index (χ2v) is 8.96. The van der Waals surface area contributed by atoms with E-state index in [2.05, 4.69) is 5.32 Å². The first-order chi connectivity index (χ1) is 12.7. The number of hydrogen-bond donors (Lipinski definition) is 1. The summed E-state index contributed by atoms with van der Waals surface area (Å²) in [7, 11) is -3.63. The standard InChI is InChI=1S/C20H25ClN2O3S/c1-15(12-13-17-8-5-4-6-9-17)22-20(24)14-23(27(3,25)26)19-11-7-10-18(21)16(19)2/h4-11,15H,12-14H2,1-3H3,(H,22,24)/t15-/m0/s1. The molecule has 0 saturated heterocycles. The Morgan fingerprint density at radius 3 is 2.44 bits per heavy atom. The van der Waals surface area contributed by atoms with E-state index in [9.17, 15) is 13.2 Å². The lowest BCUT2D eigenvalue weighted by atomic mass is 10.1. The second-order valence-electron chi connectivity index (χ2n) is 6.65. The van der Waals surface area contributed by atoms with E-state index >= 15 is 0 Å². The van der Waals surface area contributed by atoms with E-state index in [0.29, 0.717) is 16.3 Å². The molecule has 1 amide bonds. The Kier molecular flexibility index (Phi) is 7.27. The number of amides is 1. The first-order valence-electron chi connectivity index (χ1n) is 8.74. The molecule has 0 heterocycles. The summed E-state index contributed by atoms with van der Waals surface area (Å²) >= 11 is 6.11. The molecule has 0 spiro atoms. The van der Waals surface area contributed by atoms with E-state index in [1.807, 2.05) is 37.3 Å². The van der Waals surface area contributed by atoms with Gasteiger partial charge in [-0.2, -0.15) is 0 Å². The zero-order chi connectivity index (χ0) is 20.0. The first-order valence-corrected chi connectivity index (χ1v) is 11.0.